The predicted molar refractivity (Wildman–Crippen MR) is 121 cm³/mol. The molecule has 2 saturated heterocycles. The Kier molecular flexibility index (Phi) is 8.33. The number of carboxylic acid groups (broad SMARTS) is 1. The van der Waals surface area contributed by atoms with Gasteiger partial charge in [-0.15, -0.1) is 0 Å². The molecule has 2 aliphatic heterocycles. The Morgan fingerprint density at radius 2 is 1.78 bits per heavy atom. The third kappa shape index (κ3) is 6.35. The number of hydrogen-bond donors (Lipinski definition) is 2. The largest absolute Gasteiger partial charge is 0.495 e. The number of carbonyl (C=O) groups is 3. The molecule has 2 aliphatic rings. The number of methoxy groups -OCH3 is 1. The molecule has 176 valence electrons. The number of benzene rings is 1. The number of para-hydroxylation sites is 2. The van der Waals surface area contributed by atoms with Crippen LogP contribution in [0.1, 0.15) is 26.2 Å². The van der Waals surface area contributed by atoms with Crippen LogP contribution in [0, 0.1) is 11.8 Å². The molecule has 2 N–H and O–H groups in total. The first-order valence-corrected chi connectivity index (χ1v) is 11.3. The summed E-state index contributed by atoms with van der Waals surface area (Å²) < 4.78 is 5.31. The smallest absolute Gasteiger partial charge is 0.321 e. The maximum absolute atomic E-state index is 12.9. The van der Waals surface area contributed by atoms with Gasteiger partial charge in [0.2, 0.25) is 5.91 Å². The minimum Gasteiger partial charge on any atom is -0.495 e. The fourth-order valence-corrected chi connectivity index (χ4v) is 4.66. The fraction of sp³-hybridized carbons (Fsp3) is 0.609. The summed E-state index contributed by atoms with van der Waals surface area (Å²) >= 11 is 0. The van der Waals surface area contributed by atoms with Crippen LogP contribution in [0.4, 0.5) is 10.5 Å². The van der Waals surface area contributed by atoms with Gasteiger partial charge < -0.3 is 25.0 Å². The summed E-state index contributed by atoms with van der Waals surface area (Å²) in [5, 5.41) is 12.3. The Morgan fingerprint density at radius 1 is 1.06 bits per heavy atom. The topological polar surface area (TPSA) is 102 Å². The summed E-state index contributed by atoms with van der Waals surface area (Å²) in [6, 6.07) is 7.09. The van der Waals surface area contributed by atoms with E-state index in [4.69, 9.17) is 4.74 Å². The van der Waals surface area contributed by atoms with Crippen molar-refractivity contribution >= 4 is 23.6 Å². The standard InChI is InChI=1S/C23H34N4O5/c1-17(28)26-13-11-25(12-14-26)9-7-19-16-27(10-8-18(19)15-22(29)30)23(31)24-20-5-3-4-6-21(20)32-2/h3-6,18-19H,7-16H2,1-2H3,(H,24,31)(H,29,30)/t18-,19+/m0/s1. The monoisotopic (exact) mass is 446 g/mol. The third-order valence-electron chi connectivity index (χ3n) is 6.60. The molecule has 0 unspecified atom stereocenters. The van der Waals surface area contributed by atoms with E-state index in [9.17, 15) is 19.5 Å². The van der Waals surface area contributed by atoms with E-state index in [1.165, 1.54) is 0 Å². The average Bonchev–Trinajstić information content (AvgIpc) is 2.78. The van der Waals surface area contributed by atoms with E-state index in [0.29, 0.717) is 30.9 Å². The number of rotatable bonds is 7. The first-order chi connectivity index (χ1) is 15.4. The van der Waals surface area contributed by atoms with Crippen molar-refractivity contribution in [3.63, 3.8) is 0 Å². The van der Waals surface area contributed by atoms with Crippen LogP contribution in [0.15, 0.2) is 24.3 Å². The highest BCUT2D eigenvalue weighted by atomic mass is 16.5. The van der Waals surface area contributed by atoms with Crippen LogP contribution in [0.25, 0.3) is 0 Å². The normalized spacial score (nSPS) is 21.8. The van der Waals surface area contributed by atoms with Gasteiger partial charge >= 0.3 is 12.0 Å². The highest BCUT2D eigenvalue weighted by molar-refractivity contribution is 5.91. The summed E-state index contributed by atoms with van der Waals surface area (Å²) in [6.45, 7) is 6.62. The van der Waals surface area contributed by atoms with Crippen LogP contribution in [0.5, 0.6) is 5.75 Å². The molecule has 32 heavy (non-hydrogen) atoms. The van der Waals surface area contributed by atoms with E-state index >= 15 is 0 Å². The Bertz CT molecular complexity index is 809. The van der Waals surface area contributed by atoms with Gasteiger partial charge in [-0.25, -0.2) is 4.79 Å². The van der Waals surface area contributed by atoms with Gasteiger partial charge in [-0.1, -0.05) is 12.1 Å². The lowest BCUT2D eigenvalue weighted by molar-refractivity contribution is -0.139. The molecule has 2 fully saturated rings. The van der Waals surface area contributed by atoms with Crippen LogP contribution in [-0.2, 0) is 9.59 Å². The quantitative estimate of drug-likeness (QED) is 0.666. The molecule has 1 aromatic rings. The van der Waals surface area contributed by atoms with Crippen molar-refractivity contribution in [2.45, 2.75) is 26.2 Å². The van der Waals surface area contributed by atoms with Crippen molar-refractivity contribution in [1.82, 2.24) is 14.7 Å². The zero-order valence-electron chi connectivity index (χ0n) is 19.0. The molecule has 3 amide bonds. The van der Waals surface area contributed by atoms with Gasteiger partial charge in [0.25, 0.3) is 0 Å². The van der Waals surface area contributed by atoms with Crippen molar-refractivity contribution in [1.29, 1.82) is 0 Å². The lowest BCUT2D eigenvalue weighted by atomic mass is 9.81. The van der Waals surface area contributed by atoms with Gasteiger partial charge in [-0.3, -0.25) is 14.5 Å². The molecule has 3 rings (SSSR count). The number of ether oxygens (including phenoxy) is 1. The summed E-state index contributed by atoms with van der Waals surface area (Å²) in [4.78, 5) is 41.8. The molecule has 0 bridgehead atoms. The van der Waals surface area contributed by atoms with E-state index in [1.54, 1.807) is 31.1 Å². The van der Waals surface area contributed by atoms with Crippen molar-refractivity contribution < 1.29 is 24.2 Å². The summed E-state index contributed by atoms with van der Waals surface area (Å²) in [5.41, 5.74) is 0.618. The zero-order chi connectivity index (χ0) is 23.1. The molecule has 0 spiro atoms. The first-order valence-electron chi connectivity index (χ1n) is 11.3. The van der Waals surface area contributed by atoms with E-state index in [0.717, 1.165) is 39.1 Å². The van der Waals surface area contributed by atoms with Crippen molar-refractivity contribution in [3.05, 3.63) is 24.3 Å². The van der Waals surface area contributed by atoms with Gasteiger partial charge in [0.1, 0.15) is 5.75 Å². The number of aliphatic carboxylic acids is 1. The molecule has 2 atom stereocenters. The lowest BCUT2D eigenvalue weighted by Crippen LogP contribution is -2.50. The predicted octanol–water partition coefficient (Wildman–Crippen LogP) is 2.19. The van der Waals surface area contributed by atoms with E-state index in [-0.39, 0.29) is 30.2 Å². The molecule has 2 heterocycles. The number of carbonyl (C=O) groups excluding carboxylic acids is 2. The van der Waals surface area contributed by atoms with Gasteiger partial charge in [0, 0.05) is 52.6 Å². The van der Waals surface area contributed by atoms with Crippen molar-refractivity contribution in [2.24, 2.45) is 11.8 Å². The summed E-state index contributed by atoms with van der Waals surface area (Å²) in [6.07, 6.45) is 1.63. The van der Waals surface area contributed by atoms with Crippen molar-refractivity contribution in [2.75, 3.05) is 58.2 Å². The average molecular weight is 447 g/mol. The number of likely N-dealkylation sites (tertiary alicyclic amines) is 1. The van der Waals surface area contributed by atoms with E-state index in [2.05, 4.69) is 10.2 Å². The van der Waals surface area contributed by atoms with Gasteiger partial charge in [0.15, 0.2) is 0 Å². The fourth-order valence-electron chi connectivity index (χ4n) is 4.66. The molecule has 1 aromatic carbocycles. The second kappa shape index (κ2) is 11.2. The van der Waals surface area contributed by atoms with E-state index in [1.807, 2.05) is 17.0 Å². The number of nitrogens with one attached hydrogen (secondary N) is 1. The van der Waals surface area contributed by atoms with Crippen LogP contribution in [0.2, 0.25) is 0 Å². The first kappa shape index (κ1) is 23.8. The number of piperazine rings is 1. The van der Waals surface area contributed by atoms with Crippen LogP contribution < -0.4 is 10.1 Å². The number of nitrogens with zero attached hydrogens (tertiary/aromatic N) is 3. The molecule has 9 nitrogen and oxygen atoms in total. The minimum atomic E-state index is -0.790. The summed E-state index contributed by atoms with van der Waals surface area (Å²) in [7, 11) is 1.56. The Labute approximate surface area is 189 Å². The number of urea groups is 1. The molecular formula is C23H34N4O5. The Morgan fingerprint density at radius 3 is 2.44 bits per heavy atom. The van der Waals surface area contributed by atoms with Gasteiger partial charge in [-0.05, 0) is 43.4 Å². The molecule has 0 radical (unpaired) electrons. The highest BCUT2D eigenvalue weighted by Gasteiger charge is 2.33. The van der Waals surface area contributed by atoms with Gasteiger partial charge in [-0.2, -0.15) is 0 Å². The van der Waals surface area contributed by atoms with Crippen LogP contribution in [0.3, 0.4) is 0 Å². The van der Waals surface area contributed by atoms with Crippen LogP contribution in [-0.4, -0.2) is 90.6 Å². The molecule has 9 heteroatoms. The minimum absolute atomic E-state index is 0.0568. The number of hydrogen-bond acceptors (Lipinski definition) is 5. The SMILES string of the molecule is COc1ccccc1NC(=O)N1CC[C@@H](CC(=O)O)[C@H](CCN2CCN(C(C)=O)CC2)C1. The second-order valence-corrected chi connectivity index (χ2v) is 8.62. The molecule has 0 aromatic heterocycles. The molecule has 0 aliphatic carbocycles. The van der Waals surface area contributed by atoms with E-state index < -0.39 is 5.97 Å². The maximum Gasteiger partial charge on any atom is 0.321 e. The summed E-state index contributed by atoms with van der Waals surface area (Å²) in [5.74, 6) is 0.0930. The number of piperidine rings is 1. The Hall–Kier alpha value is -2.81. The molecular weight excluding hydrogens is 412 g/mol. The maximum atomic E-state index is 12.9. The van der Waals surface area contributed by atoms with Crippen molar-refractivity contribution in [3.8, 4) is 5.75 Å². The number of anilines is 1. The third-order valence-corrected chi connectivity index (χ3v) is 6.60. The number of amides is 3. The lowest BCUT2D eigenvalue weighted by Gasteiger charge is -2.40. The van der Waals surface area contributed by atoms with Gasteiger partial charge in [0.05, 0.1) is 12.8 Å². The molecule has 0 saturated carbocycles. The zero-order valence-corrected chi connectivity index (χ0v) is 19.0. The second-order valence-electron chi connectivity index (χ2n) is 8.62. The Balaban J connectivity index is 1.58. The number of carboxylic acids is 1. The highest BCUT2D eigenvalue weighted by Crippen LogP contribution is 2.31. The van der Waals surface area contributed by atoms with Crippen LogP contribution >= 0.6 is 0 Å².